The van der Waals surface area contributed by atoms with Crippen LogP contribution in [0.15, 0.2) is 71.6 Å². The lowest BCUT2D eigenvalue weighted by Gasteiger charge is -2.22. The van der Waals surface area contributed by atoms with Gasteiger partial charge in [0.1, 0.15) is 0 Å². The topological polar surface area (TPSA) is 66.5 Å². The number of nitrogens with zero attached hydrogens (tertiary/aromatic N) is 1. The van der Waals surface area contributed by atoms with Crippen LogP contribution in [0.1, 0.15) is 16.7 Å². The second-order valence-corrected chi connectivity index (χ2v) is 9.96. The normalized spacial score (nSPS) is 11.5. The van der Waals surface area contributed by atoms with Crippen molar-refractivity contribution in [3.05, 3.63) is 93.5 Å². The Morgan fingerprint density at radius 3 is 2.29 bits per heavy atom. The fraction of sp³-hybridized carbons (Fsp3) is 0.174. The maximum atomic E-state index is 13.3. The van der Waals surface area contributed by atoms with Crippen molar-refractivity contribution in [2.75, 3.05) is 11.9 Å². The van der Waals surface area contributed by atoms with Gasteiger partial charge in [-0.05, 0) is 73.0 Å². The smallest absolute Gasteiger partial charge is 0.243 e. The highest BCUT2D eigenvalue weighted by Gasteiger charge is 2.27. The van der Waals surface area contributed by atoms with Gasteiger partial charge in [0, 0.05) is 22.3 Å². The molecular weight excluding hydrogens is 455 g/mol. The van der Waals surface area contributed by atoms with E-state index >= 15 is 0 Å². The Hall–Kier alpha value is -2.38. The number of anilines is 1. The molecule has 1 amide bonds. The van der Waals surface area contributed by atoms with Crippen LogP contribution < -0.4 is 5.32 Å². The molecule has 1 N–H and O–H groups in total. The molecule has 8 heteroatoms. The predicted molar refractivity (Wildman–Crippen MR) is 125 cm³/mol. The summed E-state index contributed by atoms with van der Waals surface area (Å²) in [5.41, 5.74) is 3.28. The number of sulfonamides is 1. The highest BCUT2D eigenvalue weighted by Crippen LogP contribution is 2.23. The molecule has 0 radical (unpaired) electrons. The first-order valence-corrected chi connectivity index (χ1v) is 11.7. The van der Waals surface area contributed by atoms with E-state index in [1.165, 1.54) is 24.3 Å². The van der Waals surface area contributed by atoms with Gasteiger partial charge in [-0.15, -0.1) is 0 Å². The molecule has 0 fully saturated rings. The standard InChI is InChI=1S/C23H22Cl2N2O3S/c1-16-5-3-8-22(17(16)2)26-23(28)15-27(14-18-6-4-7-20(25)13-18)31(29,30)21-11-9-19(24)10-12-21/h3-13H,14-15H2,1-2H3,(H,26,28). The number of amides is 1. The van der Waals surface area contributed by atoms with Crippen molar-refractivity contribution in [2.24, 2.45) is 0 Å². The van der Waals surface area contributed by atoms with Crippen molar-refractivity contribution < 1.29 is 13.2 Å². The van der Waals surface area contributed by atoms with Crippen molar-refractivity contribution in [1.29, 1.82) is 0 Å². The molecule has 0 unspecified atom stereocenters. The van der Waals surface area contributed by atoms with Crippen LogP contribution >= 0.6 is 23.2 Å². The summed E-state index contributed by atoms with van der Waals surface area (Å²) in [6.45, 7) is 3.48. The second kappa shape index (κ2) is 9.83. The van der Waals surface area contributed by atoms with Gasteiger partial charge >= 0.3 is 0 Å². The fourth-order valence-corrected chi connectivity index (χ4v) is 4.78. The Balaban J connectivity index is 1.90. The molecule has 5 nitrogen and oxygen atoms in total. The summed E-state index contributed by atoms with van der Waals surface area (Å²) in [6, 6.07) is 18.3. The summed E-state index contributed by atoms with van der Waals surface area (Å²) >= 11 is 12.0. The second-order valence-electron chi connectivity index (χ2n) is 7.15. The van der Waals surface area contributed by atoms with Gasteiger partial charge in [-0.3, -0.25) is 4.79 Å². The number of carbonyl (C=O) groups excluding carboxylic acids is 1. The van der Waals surface area contributed by atoms with Crippen LogP contribution in [0.2, 0.25) is 10.0 Å². The summed E-state index contributed by atoms with van der Waals surface area (Å²) < 4.78 is 27.8. The summed E-state index contributed by atoms with van der Waals surface area (Å²) in [7, 11) is -3.96. The van der Waals surface area contributed by atoms with Crippen molar-refractivity contribution in [3.63, 3.8) is 0 Å². The van der Waals surface area contributed by atoms with Crippen molar-refractivity contribution in [1.82, 2.24) is 4.31 Å². The Bertz CT molecular complexity index is 1200. The SMILES string of the molecule is Cc1cccc(NC(=O)CN(Cc2cccc(Cl)c2)S(=O)(=O)c2ccc(Cl)cc2)c1C. The summed E-state index contributed by atoms with van der Waals surface area (Å²) in [5.74, 6) is -0.437. The third-order valence-electron chi connectivity index (χ3n) is 4.90. The first kappa shape index (κ1) is 23.3. The lowest BCUT2D eigenvalue weighted by Crippen LogP contribution is -2.37. The monoisotopic (exact) mass is 476 g/mol. The Morgan fingerprint density at radius 1 is 0.935 bits per heavy atom. The van der Waals surface area contributed by atoms with Gasteiger partial charge < -0.3 is 5.32 Å². The third kappa shape index (κ3) is 5.86. The number of carbonyl (C=O) groups is 1. The summed E-state index contributed by atoms with van der Waals surface area (Å²) in [4.78, 5) is 12.9. The van der Waals surface area contributed by atoms with E-state index < -0.39 is 15.9 Å². The molecule has 0 aromatic heterocycles. The molecule has 0 aliphatic heterocycles. The van der Waals surface area contributed by atoms with Crippen LogP contribution in [0, 0.1) is 13.8 Å². The summed E-state index contributed by atoms with van der Waals surface area (Å²) in [5, 5.41) is 3.73. The van der Waals surface area contributed by atoms with E-state index in [0.717, 1.165) is 15.4 Å². The molecule has 0 aliphatic carbocycles. The molecule has 31 heavy (non-hydrogen) atoms. The number of benzene rings is 3. The predicted octanol–water partition coefficient (Wildman–Crippen LogP) is 5.44. The molecule has 0 saturated heterocycles. The molecule has 0 heterocycles. The van der Waals surface area contributed by atoms with Crippen LogP contribution in [0.4, 0.5) is 5.69 Å². The zero-order valence-electron chi connectivity index (χ0n) is 17.1. The van der Waals surface area contributed by atoms with E-state index in [1.54, 1.807) is 30.3 Å². The van der Waals surface area contributed by atoms with E-state index in [9.17, 15) is 13.2 Å². The number of nitrogens with one attached hydrogen (secondary N) is 1. The van der Waals surface area contributed by atoms with Gasteiger partial charge in [0.2, 0.25) is 15.9 Å². The van der Waals surface area contributed by atoms with E-state index in [0.29, 0.717) is 21.3 Å². The lowest BCUT2D eigenvalue weighted by atomic mass is 10.1. The molecule has 3 rings (SSSR count). The molecule has 162 valence electrons. The van der Waals surface area contributed by atoms with Gasteiger partial charge in [-0.2, -0.15) is 4.31 Å². The van der Waals surface area contributed by atoms with Gasteiger partial charge in [0.15, 0.2) is 0 Å². The van der Waals surface area contributed by atoms with E-state index in [2.05, 4.69) is 5.32 Å². The number of hydrogen-bond donors (Lipinski definition) is 1. The molecule has 0 spiro atoms. The van der Waals surface area contributed by atoms with Crippen LogP contribution in [-0.2, 0) is 21.4 Å². The zero-order chi connectivity index (χ0) is 22.6. The first-order valence-electron chi connectivity index (χ1n) is 9.53. The minimum absolute atomic E-state index is 0.00820. The Kier molecular flexibility index (Phi) is 7.38. The molecule has 3 aromatic carbocycles. The van der Waals surface area contributed by atoms with Crippen LogP contribution in [0.3, 0.4) is 0 Å². The van der Waals surface area contributed by atoms with E-state index in [-0.39, 0.29) is 18.0 Å². The molecular formula is C23H22Cl2N2O3S. The van der Waals surface area contributed by atoms with Gasteiger partial charge in [-0.1, -0.05) is 47.5 Å². The van der Waals surface area contributed by atoms with Gasteiger partial charge in [0.25, 0.3) is 0 Å². The van der Waals surface area contributed by atoms with Gasteiger partial charge in [0.05, 0.1) is 11.4 Å². The van der Waals surface area contributed by atoms with Crippen molar-refractivity contribution >= 4 is 44.8 Å². The highest BCUT2D eigenvalue weighted by atomic mass is 35.5. The maximum absolute atomic E-state index is 13.3. The first-order chi connectivity index (χ1) is 14.7. The molecule has 0 bridgehead atoms. The average Bonchev–Trinajstić information content (AvgIpc) is 2.71. The number of hydrogen-bond acceptors (Lipinski definition) is 3. The molecule has 0 aliphatic rings. The fourth-order valence-electron chi connectivity index (χ4n) is 3.06. The maximum Gasteiger partial charge on any atom is 0.243 e. The van der Waals surface area contributed by atoms with E-state index in [4.69, 9.17) is 23.2 Å². The molecule has 3 aromatic rings. The van der Waals surface area contributed by atoms with Crippen LogP contribution in [0.25, 0.3) is 0 Å². The lowest BCUT2D eigenvalue weighted by molar-refractivity contribution is -0.116. The minimum atomic E-state index is -3.96. The zero-order valence-corrected chi connectivity index (χ0v) is 19.4. The van der Waals surface area contributed by atoms with Gasteiger partial charge in [-0.25, -0.2) is 8.42 Å². The highest BCUT2D eigenvalue weighted by molar-refractivity contribution is 7.89. The average molecular weight is 477 g/mol. The van der Waals surface area contributed by atoms with Crippen LogP contribution in [-0.4, -0.2) is 25.2 Å². The van der Waals surface area contributed by atoms with Crippen molar-refractivity contribution in [2.45, 2.75) is 25.3 Å². The molecule has 0 atom stereocenters. The minimum Gasteiger partial charge on any atom is -0.325 e. The number of rotatable bonds is 7. The van der Waals surface area contributed by atoms with Crippen LogP contribution in [0.5, 0.6) is 0 Å². The third-order valence-corrected chi connectivity index (χ3v) is 7.19. The number of halogens is 2. The Labute approximate surface area is 192 Å². The quantitative estimate of drug-likeness (QED) is 0.493. The molecule has 0 saturated carbocycles. The Morgan fingerprint density at radius 2 is 1.61 bits per heavy atom. The number of aryl methyl sites for hydroxylation is 1. The van der Waals surface area contributed by atoms with E-state index in [1.807, 2.05) is 26.0 Å². The van der Waals surface area contributed by atoms with Crippen molar-refractivity contribution in [3.8, 4) is 0 Å². The summed E-state index contributed by atoms with van der Waals surface area (Å²) in [6.07, 6.45) is 0. The largest absolute Gasteiger partial charge is 0.325 e.